The molecule has 33 heavy (non-hydrogen) atoms. The number of carbonyl (C=O) groups excluding carboxylic acids is 2. The first kappa shape index (κ1) is 24.5. The normalized spacial score (nSPS) is 14.1. The number of nitrogens with zero attached hydrogens (tertiary/aromatic N) is 2. The molecule has 0 spiro atoms. The standard InChI is InChI=1S/C23H27ClN4O5/c1-33-13-8-25-21(29)15-27-9-11-28(12-10-27)20-7-6-16(23(31)32)14-19(20)26-22(30)17-4-2-3-5-18(17)24/h2-7,14H,8-13,15H2,1H3,(H,25,29)(H,26,30)(H,31,32). The fourth-order valence-electron chi connectivity index (χ4n) is 3.58. The van der Waals surface area contributed by atoms with Crippen molar-refractivity contribution in [2.24, 2.45) is 0 Å². The average molecular weight is 475 g/mol. The van der Waals surface area contributed by atoms with Crippen LogP contribution in [0.25, 0.3) is 0 Å². The Balaban J connectivity index is 1.70. The molecule has 1 heterocycles. The van der Waals surface area contributed by atoms with E-state index in [4.69, 9.17) is 16.3 Å². The molecule has 3 N–H and O–H groups in total. The highest BCUT2D eigenvalue weighted by Crippen LogP contribution is 2.29. The minimum atomic E-state index is -1.08. The second-order valence-electron chi connectivity index (χ2n) is 7.58. The molecular formula is C23H27ClN4O5. The Labute approximate surface area is 197 Å². The van der Waals surface area contributed by atoms with Crippen LogP contribution < -0.4 is 15.5 Å². The monoisotopic (exact) mass is 474 g/mol. The molecule has 2 aromatic carbocycles. The molecule has 0 aromatic heterocycles. The smallest absolute Gasteiger partial charge is 0.335 e. The van der Waals surface area contributed by atoms with Gasteiger partial charge in [-0.15, -0.1) is 0 Å². The van der Waals surface area contributed by atoms with E-state index in [0.717, 1.165) is 0 Å². The Morgan fingerprint density at radius 1 is 1.09 bits per heavy atom. The van der Waals surface area contributed by atoms with Gasteiger partial charge in [0.05, 0.1) is 40.7 Å². The lowest BCUT2D eigenvalue weighted by molar-refractivity contribution is -0.122. The van der Waals surface area contributed by atoms with Crippen LogP contribution in [0.2, 0.25) is 5.02 Å². The van der Waals surface area contributed by atoms with Crippen molar-refractivity contribution >= 4 is 40.8 Å². The fraction of sp³-hybridized carbons (Fsp3) is 0.348. The van der Waals surface area contributed by atoms with E-state index in [-0.39, 0.29) is 11.5 Å². The molecule has 0 atom stereocenters. The number of hydrogen-bond acceptors (Lipinski definition) is 6. The zero-order chi connectivity index (χ0) is 23.8. The number of carboxylic acid groups (broad SMARTS) is 1. The Morgan fingerprint density at radius 3 is 2.48 bits per heavy atom. The number of methoxy groups -OCH3 is 1. The molecule has 1 aliphatic rings. The van der Waals surface area contributed by atoms with Crippen molar-refractivity contribution in [1.29, 1.82) is 0 Å². The predicted molar refractivity (Wildman–Crippen MR) is 126 cm³/mol. The number of benzene rings is 2. The van der Waals surface area contributed by atoms with Gasteiger partial charge < -0.3 is 25.4 Å². The summed E-state index contributed by atoms with van der Waals surface area (Å²) in [5, 5.41) is 15.3. The van der Waals surface area contributed by atoms with Crippen LogP contribution in [0.15, 0.2) is 42.5 Å². The number of amides is 2. The molecule has 176 valence electrons. The first-order valence-corrected chi connectivity index (χ1v) is 10.9. The Hall–Kier alpha value is -3.14. The molecule has 1 aliphatic heterocycles. The molecule has 2 amide bonds. The van der Waals surface area contributed by atoms with Crippen LogP contribution in [0.3, 0.4) is 0 Å². The van der Waals surface area contributed by atoms with Crippen molar-refractivity contribution in [2.75, 3.05) is 63.2 Å². The molecule has 9 nitrogen and oxygen atoms in total. The summed E-state index contributed by atoms with van der Waals surface area (Å²) in [6, 6.07) is 11.3. The van der Waals surface area contributed by atoms with Gasteiger partial charge in [-0.3, -0.25) is 14.5 Å². The zero-order valence-corrected chi connectivity index (χ0v) is 19.1. The molecule has 2 aromatic rings. The van der Waals surface area contributed by atoms with E-state index in [9.17, 15) is 19.5 Å². The van der Waals surface area contributed by atoms with Gasteiger partial charge in [0.25, 0.3) is 5.91 Å². The lowest BCUT2D eigenvalue weighted by Crippen LogP contribution is -2.50. The zero-order valence-electron chi connectivity index (χ0n) is 18.3. The number of nitrogens with one attached hydrogen (secondary N) is 2. The average Bonchev–Trinajstić information content (AvgIpc) is 2.80. The van der Waals surface area contributed by atoms with E-state index in [0.29, 0.717) is 67.8 Å². The maximum Gasteiger partial charge on any atom is 0.335 e. The largest absolute Gasteiger partial charge is 0.478 e. The highest BCUT2D eigenvalue weighted by molar-refractivity contribution is 6.34. The summed E-state index contributed by atoms with van der Waals surface area (Å²) in [5.41, 5.74) is 1.48. The van der Waals surface area contributed by atoms with Crippen LogP contribution in [-0.2, 0) is 9.53 Å². The van der Waals surface area contributed by atoms with Crippen molar-refractivity contribution in [3.05, 3.63) is 58.6 Å². The Kier molecular flexibility index (Phi) is 8.65. The molecular weight excluding hydrogens is 448 g/mol. The summed E-state index contributed by atoms with van der Waals surface area (Å²) in [6.07, 6.45) is 0. The quantitative estimate of drug-likeness (QED) is 0.477. The topological polar surface area (TPSA) is 111 Å². The number of anilines is 2. The highest BCUT2D eigenvalue weighted by atomic mass is 35.5. The van der Waals surface area contributed by atoms with Crippen LogP contribution in [0, 0.1) is 0 Å². The van der Waals surface area contributed by atoms with Gasteiger partial charge in [0.1, 0.15) is 0 Å². The van der Waals surface area contributed by atoms with Gasteiger partial charge in [-0.1, -0.05) is 23.7 Å². The molecule has 0 unspecified atom stereocenters. The Bertz CT molecular complexity index is 1010. The first-order chi connectivity index (χ1) is 15.9. The number of halogens is 1. The number of hydrogen-bond donors (Lipinski definition) is 3. The lowest BCUT2D eigenvalue weighted by Gasteiger charge is -2.36. The third kappa shape index (κ3) is 6.67. The molecule has 0 saturated carbocycles. The van der Waals surface area contributed by atoms with Crippen molar-refractivity contribution in [3.8, 4) is 0 Å². The van der Waals surface area contributed by atoms with Crippen LogP contribution in [0.1, 0.15) is 20.7 Å². The first-order valence-electron chi connectivity index (χ1n) is 10.5. The minimum absolute atomic E-state index is 0.0565. The van der Waals surface area contributed by atoms with Gasteiger partial charge in [-0.25, -0.2) is 4.79 Å². The van der Waals surface area contributed by atoms with Crippen LogP contribution in [0.5, 0.6) is 0 Å². The van der Waals surface area contributed by atoms with Crippen molar-refractivity contribution in [3.63, 3.8) is 0 Å². The second-order valence-corrected chi connectivity index (χ2v) is 7.98. The van der Waals surface area contributed by atoms with Crippen molar-refractivity contribution < 1.29 is 24.2 Å². The summed E-state index contributed by atoms with van der Waals surface area (Å²) in [5.74, 6) is -1.56. The molecule has 1 saturated heterocycles. The van der Waals surface area contributed by atoms with Gasteiger partial charge in [-0.2, -0.15) is 0 Å². The van der Waals surface area contributed by atoms with Crippen LogP contribution in [-0.4, -0.2) is 80.8 Å². The van der Waals surface area contributed by atoms with E-state index in [1.54, 1.807) is 37.4 Å². The molecule has 3 rings (SSSR count). The van der Waals surface area contributed by atoms with E-state index in [2.05, 4.69) is 15.5 Å². The van der Waals surface area contributed by atoms with Gasteiger partial charge in [-0.05, 0) is 30.3 Å². The third-order valence-electron chi connectivity index (χ3n) is 5.32. The predicted octanol–water partition coefficient (Wildman–Crippen LogP) is 2.18. The number of rotatable bonds is 9. The maximum atomic E-state index is 12.8. The van der Waals surface area contributed by atoms with Gasteiger partial charge in [0.2, 0.25) is 5.91 Å². The third-order valence-corrected chi connectivity index (χ3v) is 5.65. The lowest BCUT2D eigenvalue weighted by atomic mass is 10.1. The summed E-state index contributed by atoms with van der Waals surface area (Å²) in [4.78, 5) is 40.5. The van der Waals surface area contributed by atoms with Crippen molar-refractivity contribution in [2.45, 2.75) is 0 Å². The molecule has 10 heteroatoms. The number of ether oxygens (including phenoxy) is 1. The van der Waals surface area contributed by atoms with E-state index < -0.39 is 11.9 Å². The van der Waals surface area contributed by atoms with E-state index in [1.165, 1.54) is 12.1 Å². The van der Waals surface area contributed by atoms with Gasteiger partial charge in [0.15, 0.2) is 0 Å². The molecule has 1 fully saturated rings. The molecule has 0 radical (unpaired) electrons. The van der Waals surface area contributed by atoms with Crippen molar-refractivity contribution in [1.82, 2.24) is 10.2 Å². The number of aromatic carboxylic acids is 1. The molecule has 0 aliphatic carbocycles. The maximum absolute atomic E-state index is 12.8. The van der Waals surface area contributed by atoms with Gasteiger partial charge in [0, 0.05) is 39.8 Å². The SMILES string of the molecule is COCCNC(=O)CN1CCN(c2ccc(C(=O)O)cc2NC(=O)c2ccccc2Cl)CC1. The van der Waals surface area contributed by atoms with Gasteiger partial charge >= 0.3 is 5.97 Å². The fourth-order valence-corrected chi connectivity index (χ4v) is 3.80. The van der Waals surface area contributed by atoms with Crippen LogP contribution >= 0.6 is 11.6 Å². The number of carbonyl (C=O) groups is 3. The summed E-state index contributed by atoms with van der Waals surface area (Å²) >= 11 is 6.14. The van der Waals surface area contributed by atoms with E-state index in [1.807, 2.05) is 4.90 Å². The summed E-state index contributed by atoms with van der Waals surface area (Å²) in [6.45, 7) is 3.77. The Morgan fingerprint density at radius 2 is 1.82 bits per heavy atom. The highest BCUT2D eigenvalue weighted by Gasteiger charge is 2.23. The number of piperazine rings is 1. The van der Waals surface area contributed by atoms with Crippen LogP contribution in [0.4, 0.5) is 11.4 Å². The second kappa shape index (κ2) is 11.6. The number of carboxylic acids is 1. The summed E-state index contributed by atoms with van der Waals surface area (Å²) in [7, 11) is 1.58. The van der Waals surface area contributed by atoms with E-state index >= 15 is 0 Å². The summed E-state index contributed by atoms with van der Waals surface area (Å²) < 4.78 is 4.93. The molecule has 0 bridgehead atoms. The minimum Gasteiger partial charge on any atom is -0.478 e.